The summed E-state index contributed by atoms with van der Waals surface area (Å²) in [4.78, 5) is 18.8. The maximum atomic E-state index is 11.3. The largest absolute Gasteiger partial charge is 0.495 e. The zero-order valence-electron chi connectivity index (χ0n) is 35.6. The second-order valence-corrected chi connectivity index (χ2v) is 15.6. The Morgan fingerprint density at radius 2 is 1.28 bits per heavy atom. The van der Waals surface area contributed by atoms with Crippen molar-refractivity contribution in [3.8, 4) is 51.7 Å². The zero-order valence-corrected chi connectivity index (χ0v) is 35.6. The Morgan fingerprint density at radius 1 is 0.633 bits per heavy atom. The third-order valence-corrected chi connectivity index (χ3v) is 12.1. The predicted octanol–water partition coefficient (Wildman–Crippen LogP) is 9.01. The van der Waals surface area contributed by atoms with Crippen molar-refractivity contribution in [2.45, 2.75) is 44.7 Å². The summed E-state index contributed by atoms with van der Waals surface area (Å²) >= 11 is 0. The van der Waals surface area contributed by atoms with E-state index in [-0.39, 0.29) is 17.6 Å². The molecule has 0 spiro atoms. The van der Waals surface area contributed by atoms with Gasteiger partial charge in [-0.1, -0.05) is 30.3 Å². The molecule has 0 amide bonds. The van der Waals surface area contributed by atoms with Crippen LogP contribution >= 0.6 is 0 Å². The molecule has 5 aromatic carbocycles. The number of nitrogens with one attached hydrogen (secondary N) is 1. The number of benzene rings is 5. The standard InChI is InChI=1S/C38H42N2O6.C11H11NO2/c1-39-15-13-25-20-32(42-4)34-22-28(25)29(39)17-23-7-10-27(11-8-23)45-33-19-24(9-12-31(33)41-3)18-30-36-26(14-16-40(30)2)21-35(43-5)37(44-6)38(36)46-34;1-7-6-10(13)12-11-8(7)4-3-5-9(11)14-2/h7-12,19-22,29-30H,13-18H2,1-6H3;3-6H,1-2H3,(H,12,13). The lowest BCUT2D eigenvalue weighted by Crippen LogP contribution is -2.34. The number of pyridine rings is 1. The minimum absolute atomic E-state index is 0.000437. The lowest BCUT2D eigenvalue weighted by molar-refractivity contribution is 0.220. The smallest absolute Gasteiger partial charge is 0.248 e. The zero-order chi connectivity index (χ0) is 42.1. The van der Waals surface area contributed by atoms with E-state index in [2.05, 4.69) is 71.3 Å². The molecule has 0 fully saturated rings. The van der Waals surface area contributed by atoms with E-state index in [1.54, 1.807) is 41.6 Å². The molecule has 10 rings (SSSR count). The minimum Gasteiger partial charge on any atom is -0.495 e. The summed E-state index contributed by atoms with van der Waals surface area (Å²) in [5, 5.41) is 1.02. The first kappa shape index (κ1) is 40.6. The molecule has 0 aliphatic carbocycles. The van der Waals surface area contributed by atoms with Crippen LogP contribution < -0.4 is 38.7 Å². The van der Waals surface area contributed by atoms with Crippen LogP contribution in [0.3, 0.4) is 0 Å². The van der Waals surface area contributed by atoms with Crippen molar-refractivity contribution < 1.29 is 33.2 Å². The maximum absolute atomic E-state index is 11.3. The van der Waals surface area contributed by atoms with Crippen LogP contribution in [0.4, 0.5) is 0 Å². The fraction of sp³-hybridized carbons (Fsp3) is 0.327. The lowest BCUT2D eigenvalue weighted by atomic mass is 9.87. The third-order valence-electron chi connectivity index (χ3n) is 12.1. The Kier molecular flexibility index (Phi) is 11.6. The predicted molar refractivity (Wildman–Crippen MR) is 234 cm³/mol. The highest BCUT2D eigenvalue weighted by molar-refractivity contribution is 5.87. The minimum atomic E-state index is -0.0977. The first-order chi connectivity index (χ1) is 29.1. The molecule has 312 valence electrons. The highest BCUT2D eigenvalue weighted by Crippen LogP contribution is 2.52. The van der Waals surface area contributed by atoms with Gasteiger partial charge in [0.05, 0.1) is 41.1 Å². The van der Waals surface area contributed by atoms with Gasteiger partial charge in [-0.05, 0) is 129 Å². The van der Waals surface area contributed by atoms with Gasteiger partial charge in [-0.3, -0.25) is 14.6 Å². The van der Waals surface area contributed by atoms with E-state index in [1.807, 2.05) is 43.3 Å². The second-order valence-electron chi connectivity index (χ2n) is 15.6. The quantitative estimate of drug-likeness (QED) is 0.182. The van der Waals surface area contributed by atoms with Crippen molar-refractivity contribution in [1.82, 2.24) is 14.8 Å². The van der Waals surface area contributed by atoms with E-state index in [9.17, 15) is 4.79 Å². The summed E-state index contributed by atoms with van der Waals surface area (Å²) in [7, 11) is 12.7. The Morgan fingerprint density at radius 3 is 2.00 bits per heavy atom. The van der Waals surface area contributed by atoms with Crippen LogP contribution in [0.25, 0.3) is 10.9 Å². The number of fused-ring (bicyclic) bond motifs is 3. The number of likely N-dealkylation sites (N-methyl/N-ethyl adjacent to an activating group) is 2. The van der Waals surface area contributed by atoms with Gasteiger partial charge in [0.15, 0.2) is 34.5 Å². The molecule has 11 nitrogen and oxygen atoms in total. The number of rotatable bonds is 5. The van der Waals surface area contributed by atoms with Gasteiger partial charge in [0.25, 0.3) is 0 Å². The van der Waals surface area contributed by atoms with Gasteiger partial charge >= 0.3 is 0 Å². The van der Waals surface area contributed by atoms with Crippen molar-refractivity contribution in [3.05, 3.63) is 134 Å². The highest BCUT2D eigenvalue weighted by Gasteiger charge is 2.35. The molecule has 6 bridgehead atoms. The van der Waals surface area contributed by atoms with Crippen molar-refractivity contribution in [3.63, 3.8) is 0 Å². The summed E-state index contributed by atoms with van der Waals surface area (Å²) in [5.41, 5.74) is 8.78. The first-order valence-electron chi connectivity index (χ1n) is 20.3. The molecule has 11 heteroatoms. The van der Waals surface area contributed by atoms with Crippen LogP contribution in [-0.4, -0.2) is 77.5 Å². The summed E-state index contributed by atoms with van der Waals surface area (Å²) in [5.74, 6) is 6.11. The van der Waals surface area contributed by atoms with E-state index in [1.165, 1.54) is 22.3 Å². The first-order valence-corrected chi connectivity index (χ1v) is 20.3. The molecular formula is C49H53N3O8. The van der Waals surface area contributed by atoms with Gasteiger partial charge in [0.2, 0.25) is 11.3 Å². The van der Waals surface area contributed by atoms with Crippen LogP contribution in [0, 0.1) is 6.92 Å². The second kappa shape index (κ2) is 17.2. The fourth-order valence-corrected chi connectivity index (χ4v) is 8.87. The molecule has 1 N–H and O–H groups in total. The van der Waals surface area contributed by atoms with Crippen LogP contribution in [0.1, 0.15) is 51.0 Å². The molecule has 4 aliphatic rings. The van der Waals surface area contributed by atoms with Crippen LogP contribution in [0.15, 0.2) is 89.7 Å². The van der Waals surface area contributed by atoms with Gasteiger partial charge < -0.3 is 38.1 Å². The van der Waals surface area contributed by atoms with Crippen molar-refractivity contribution in [2.24, 2.45) is 0 Å². The van der Waals surface area contributed by atoms with E-state index < -0.39 is 0 Å². The number of methoxy groups -OCH3 is 5. The summed E-state index contributed by atoms with van der Waals surface area (Å²) in [6, 6.07) is 28.5. The number of aromatic nitrogens is 1. The highest BCUT2D eigenvalue weighted by atomic mass is 16.5. The van der Waals surface area contributed by atoms with Crippen LogP contribution in [-0.2, 0) is 25.7 Å². The Labute approximate surface area is 351 Å². The third kappa shape index (κ3) is 7.82. The van der Waals surface area contributed by atoms with Crippen molar-refractivity contribution >= 4 is 10.9 Å². The van der Waals surface area contributed by atoms with Gasteiger partial charge in [-0.15, -0.1) is 0 Å². The molecule has 1 aromatic heterocycles. The fourth-order valence-electron chi connectivity index (χ4n) is 8.87. The van der Waals surface area contributed by atoms with E-state index in [4.69, 9.17) is 33.2 Å². The van der Waals surface area contributed by atoms with Gasteiger partial charge in [-0.25, -0.2) is 0 Å². The molecule has 0 radical (unpaired) electrons. The molecule has 0 saturated carbocycles. The van der Waals surface area contributed by atoms with E-state index in [0.29, 0.717) is 46.0 Å². The molecular weight excluding hydrogens is 759 g/mol. The van der Waals surface area contributed by atoms with E-state index >= 15 is 0 Å². The summed E-state index contributed by atoms with van der Waals surface area (Å²) in [6.45, 7) is 3.77. The molecule has 2 atom stereocenters. The monoisotopic (exact) mass is 811 g/mol. The topological polar surface area (TPSA) is 104 Å². The van der Waals surface area contributed by atoms with Crippen LogP contribution in [0.2, 0.25) is 0 Å². The molecule has 60 heavy (non-hydrogen) atoms. The SMILES string of the molecule is COc1ccc2cc1Oc1ccc(cc1)CC1c3cc(c(OC)cc3CCN1C)Oc1c(OC)c(OC)cc3c1C(C2)N(C)CC3.COc1cccc2c(C)cc(=O)[nH]c12. The average molecular weight is 812 g/mol. The van der Waals surface area contributed by atoms with Gasteiger partial charge in [-0.2, -0.15) is 0 Å². The number of ether oxygens (including phenoxy) is 7. The number of para-hydroxylation sites is 1. The number of H-pyrrole nitrogens is 1. The number of nitrogens with zero attached hydrogens (tertiary/aromatic N) is 2. The average Bonchev–Trinajstić information content (AvgIpc) is 3.25. The number of hydrogen-bond donors (Lipinski definition) is 1. The summed E-state index contributed by atoms with van der Waals surface area (Å²) < 4.78 is 42.3. The molecule has 6 aromatic rings. The number of hydrogen-bond acceptors (Lipinski definition) is 10. The van der Waals surface area contributed by atoms with E-state index in [0.717, 1.165) is 72.1 Å². The Bertz CT molecular complexity index is 2590. The van der Waals surface area contributed by atoms with Crippen molar-refractivity contribution in [2.75, 3.05) is 62.7 Å². The van der Waals surface area contributed by atoms with Crippen molar-refractivity contribution in [1.29, 1.82) is 0 Å². The molecule has 2 unspecified atom stereocenters. The Balaban J connectivity index is 0.000000301. The maximum Gasteiger partial charge on any atom is 0.248 e. The normalized spacial score (nSPS) is 17.1. The lowest BCUT2D eigenvalue weighted by Gasteiger charge is -2.37. The van der Waals surface area contributed by atoms with Crippen LogP contribution in [0.5, 0.6) is 51.7 Å². The molecule has 5 heterocycles. The Hall–Kier alpha value is -6.17. The number of aryl methyl sites for hydroxylation is 1. The molecule has 0 saturated heterocycles. The van der Waals surface area contributed by atoms with Gasteiger partial charge in [0, 0.05) is 42.2 Å². The molecule has 4 aliphatic heterocycles. The van der Waals surface area contributed by atoms with Gasteiger partial charge in [0.1, 0.15) is 11.5 Å². The summed E-state index contributed by atoms with van der Waals surface area (Å²) in [6.07, 6.45) is 3.37. The number of aromatic amines is 1.